The van der Waals surface area contributed by atoms with Crippen LogP contribution in [0.4, 0.5) is 0 Å². The van der Waals surface area contributed by atoms with E-state index >= 15 is 0 Å². The van der Waals surface area contributed by atoms with Crippen molar-refractivity contribution in [2.75, 3.05) is 7.11 Å². The van der Waals surface area contributed by atoms with Gasteiger partial charge in [-0.15, -0.1) is 0 Å². The molecule has 0 amide bonds. The van der Waals surface area contributed by atoms with Gasteiger partial charge in [0.25, 0.3) is 0 Å². The predicted molar refractivity (Wildman–Crippen MR) is 79.7 cm³/mol. The summed E-state index contributed by atoms with van der Waals surface area (Å²) in [5, 5.41) is 0. The number of hydrogen-bond donors (Lipinski definition) is 0. The zero-order valence-electron chi connectivity index (χ0n) is 12.3. The van der Waals surface area contributed by atoms with Crippen LogP contribution in [0.2, 0.25) is 0 Å². The lowest BCUT2D eigenvalue weighted by Crippen LogP contribution is -2.14. The van der Waals surface area contributed by atoms with Crippen LogP contribution in [0, 0.1) is 0 Å². The Balaban J connectivity index is 2.61. The van der Waals surface area contributed by atoms with Crippen LogP contribution in [0.1, 0.15) is 36.7 Å². The van der Waals surface area contributed by atoms with E-state index in [1.54, 1.807) is 0 Å². The van der Waals surface area contributed by atoms with Gasteiger partial charge in [-0.3, -0.25) is 4.98 Å². The normalized spacial score (nSPS) is 11.2. The van der Waals surface area contributed by atoms with Crippen molar-refractivity contribution in [3.05, 3.63) is 53.7 Å². The molecule has 0 unspecified atom stereocenters. The van der Waals surface area contributed by atoms with E-state index in [4.69, 9.17) is 4.74 Å². The molecule has 0 aliphatic carbocycles. The summed E-state index contributed by atoms with van der Waals surface area (Å²) in [6.07, 6.45) is 1.83. The Bertz CT molecular complexity index is 613. The molecular formula is C17H19NO2. The maximum atomic E-state index is 12.0. The van der Waals surface area contributed by atoms with Crippen molar-refractivity contribution < 1.29 is 9.53 Å². The first-order valence-corrected chi connectivity index (χ1v) is 6.58. The Morgan fingerprint density at radius 3 is 2.35 bits per heavy atom. The van der Waals surface area contributed by atoms with E-state index in [1.807, 2.05) is 42.6 Å². The van der Waals surface area contributed by atoms with Crippen molar-refractivity contribution in [2.45, 2.75) is 26.2 Å². The van der Waals surface area contributed by atoms with Gasteiger partial charge in [0.05, 0.1) is 18.4 Å². The molecule has 1 aromatic heterocycles. The molecule has 0 saturated carbocycles. The van der Waals surface area contributed by atoms with Crippen molar-refractivity contribution >= 4 is 5.97 Å². The molecule has 0 N–H and O–H groups in total. The van der Waals surface area contributed by atoms with Crippen LogP contribution in [-0.4, -0.2) is 18.1 Å². The molecular weight excluding hydrogens is 250 g/mol. The van der Waals surface area contributed by atoms with E-state index in [0.717, 1.165) is 11.1 Å². The standard InChI is InChI=1S/C17H19NO2/c1-17(2,3)13-10-14(16(19)20-4)15(18-11-13)12-8-6-5-7-9-12/h5-11H,1-4H3. The topological polar surface area (TPSA) is 39.2 Å². The lowest BCUT2D eigenvalue weighted by Gasteiger charge is -2.20. The maximum absolute atomic E-state index is 12.0. The molecule has 0 aliphatic rings. The van der Waals surface area contributed by atoms with Gasteiger partial charge in [0.1, 0.15) is 0 Å². The first-order valence-electron chi connectivity index (χ1n) is 6.58. The molecule has 104 valence electrons. The largest absolute Gasteiger partial charge is 0.465 e. The number of pyridine rings is 1. The number of nitrogens with zero attached hydrogens (tertiary/aromatic N) is 1. The zero-order valence-corrected chi connectivity index (χ0v) is 12.3. The number of aromatic nitrogens is 1. The molecule has 0 saturated heterocycles. The second-order valence-electron chi connectivity index (χ2n) is 5.73. The van der Waals surface area contributed by atoms with Crippen LogP contribution in [0.3, 0.4) is 0 Å². The first-order chi connectivity index (χ1) is 9.43. The Labute approximate surface area is 119 Å². The van der Waals surface area contributed by atoms with E-state index in [0.29, 0.717) is 11.3 Å². The van der Waals surface area contributed by atoms with Gasteiger partial charge in [-0.1, -0.05) is 51.1 Å². The fourth-order valence-corrected chi connectivity index (χ4v) is 1.97. The minimum atomic E-state index is -0.359. The molecule has 1 aromatic carbocycles. The molecule has 0 radical (unpaired) electrons. The Hall–Kier alpha value is -2.16. The molecule has 0 aliphatic heterocycles. The van der Waals surface area contributed by atoms with Gasteiger partial charge in [-0.2, -0.15) is 0 Å². The summed E-state index contributed by atoms with van der Waals surface area (Å²) in [4.78, 5) is 16.5. The van der Waals surface area contributed by atoms with Crippen LogP contribution in [0.15, 0.2) is 42.6 Å². The van der Waals surface area contributed by atoms with Crippen molar-refractivity contribution in [2.24, 2.45) is 0 Å². The summed E-state index contributed by atoms with van der Waals surface area (Å²) < 4.78 is 4.89. The third-order valence-electron chi connectivity index (χ3n) is 3.21. The van der Waals surface area contributed by atoms with Crippen LogP contribution in [0.25, 0.3) is 11.3 Å². The van der Waals surface area contributed by atoms with Gasteiger partial charge >= 0.3 is 5.97 Å². The lowest BCUT2D eigenvalue weighted by molar-refractivity contribution is 0.0601. The van der Waals surface area contributed by atoms with Crippen molar-refractivity contribution in [1.29, 1.82) is 0 Å². The van der Waals surface area contributed by atoms with E-state index < -0.39 is 0 Å². The van der Waals surface area contributed by atoms with Gasteiger partial charge in [0, 0.05) is 11.8 Å². The van der Waals surface area contributed by atoms with Crippen molar-refractivity contribution in [1.82, 2.24) is 4.98 Å². The summed E-state index contributed by atoms with van der Waals surface area (Å²) in [6, 6.07) is 11.5. The van der Waals surface area contributed by atoms with Gasteiger partial charge in [0.15, 0.2) is 0 Å². The van der Waals surface area contributed by atoms with E-state index in [9.17, 15) is 4.79 Å². The fourth-order valence-electron chi connectivity index (χ4n) is 1.97. The molecule has 0 fully saturated rings. The fraction of sp³-hybridized carbons (Fsp3) is 0.294. The summed E-state index contributed by atoms with van der Waals surface area (Å²) >= 11 is 0. The number of carbonyl (C=O) groups excluding carboxylic acids is 1. The molecule has 1 heterocycles. The van der Waals surface area contributed by atoms with Crippen LogP contribution in [-0.2, 0) is 10.2 Å². The molecule has 3 heteroatoms. The molecule has 3 nitrogen and oxygen atoms in total. The predicted octanol–water partition coefficient (Wildman–Crippen LogP) is 3.83. The van der Waals surface area contributed by atoms with Gasteiger partial charge in [-0.25, -0.2) is 4.79 Å². The highest BCUT2D eigenvalue weighted by Crippen LogP contribution is 2.28. The highest BCUT2D eigenvalue weighted by molar-refractivity contribution is 5.96. The average Bonchev–Trinajstić information content (AvgIpc) is 2.45. The summed E-state index contributed by atoms with van der Waals surface area (Å²) in [7, 11) is 1.39. The highest BCUT2D eigenvalue weighted by Gasteiger charge is 2.20. The lowest BCUT2D eigenvalue weighted by atomic mass is 9.87. The summed E-state index contributed by atoms with van der Waals surface area (Å²) in [5.41, 5.74) is 3.02. The first kappa shape index (κ1) is 14.3. The van der Waals surface area contributed by atoms with Gasteiger partial charge in [0.2, 0.25) is 0 Å². The molecule has 0 spiro atoms. The third kappa shape index (κ3) is 2.87. The van der Waals surface area contributed by atoms with E-state index in [2.05, 4.69) is 25.8 Å². The minimum Gasteiger partial charge on any atom is -0.465 e. The zero-order chi connectivity index (χ0) is 14.8. The molecule has 0 bridgehead atoms. The molecule has 20 heavy (non-hydrogen) atoms. The average molecular weight is 269 g/mol. The van der Waals surface area contributed by atoms with Crippen LogP contribution in [0.5, 0.6) is 0 Å². The number of carbonyl (C=O) groups is 1. The Kier molecular flexibility index (Phi) is 3.89. The monoisotopic (exact) mass is 269 g/mol. The van der Waals surface area contributed by atoms with Crippen molar-refractivity contribution in [3.8, 4) is 11.3 Å². The highest BCUT2D eigenvalue weighted by atomic mass is 16.5. The number of methoxy groups -OCH3 is 1. The number of ether oxygens (including phenoxy) is 1. The van der Waals surface area contributed by atoms with Crippen LogP contribution < -0.4 is 0 Å². The molecule has 2 aromatic rings. The van der Waals surface area contributed by atoms with Gasteiger partial charge in [-0.05, 0) is 17.0 Å². The Morgan fingerprint density at radius 1 is 1.15 bits per heavy atom. The Morgan fingerprint density at radius 2 is 1.80 bits per heavy atom. The maximum Gasteiger partial charge on any atom is 0.340 e. The van der Waals surface area contributed by atoms with E-state index in [-0.39, 0.29) is 11.4 Å². The van der Waals surface area contributed by atoms with Crippen molar-refractivity contribution in [3.63, 3.8) is 0 Å². The molecule has 2 rings (SSSR count). The quantitative estimate of drug-likeness (QED) is 0.778. The minimum absolute atomic E-state index is 0.0645. The number of esters is 1. The van der Waals surface area contributed by atoms with Gasteiger partial charge < -0.3 is 4.74 Å². The third-order valence-corrected chi connectivity index (χ3v) is 3.21. The SMILES string of the molecule is COC(=O)c1cc(C(C)(C)C)cnc1-c1ccccc1. The van der Waals surface area contributed by atoms with E-state index in [1.165, 1.54) is 7.11 Å². The second-order valence-corrected chi connectivity index (χ2v) is 5.73. The number of hydrogen-bond acceptors (Lipinski definition) is 3. The second kappa shape index (κ2) is 5.45. The smallest absolute Gasteiger partial charge is 0.340 e. The number of rotatable bonds is 2. The summed E-state index contributed by atoms with van der Waals surface area (Å²) in [5.74, 6) is -0.359. The molecule has 0 atom stereocenters. The van der Waals surface area contributed by atoms with Crippen LogP contribution >= 0.6 is 0 Å². The number of benzene rings is 1. The summed E-state index contributed by atoms with van der Waals surface area (Å²) in [6.45, 7) is 6.27.